The summed E-state index contributed by atoms with van der Waals surface area (Å²) in [6.45, 7) is 16.8. The summed E-state index contributed by atoms with van der Waals surface area (Å²) in [5.41, 5.74) is 12.1. The molecule has 0 radical (unpaired) electrons. The predicted molar refractivity (Wildman–Crippen MR) is 436 cm³/mol. The number of aliphatic hydroxyl groups is 2. The fraction of sp³-hybridized carbons (Fsp3) is 0.718. The van der Waals surface area contributed by atoms with Crippen LogP contribution >= 0.6 is 21.6 Å². The van der Waals surface area contributed by atoms with Crippen molar-refractivity contribution in [3.63, 3.8) is 0 Å². The lowest BCUT2D eigenvalue weighted by Crippen LogP contribution is -2.64. The van der Waals surface area contributed by atoms with E-state index in [1.54, 1.807) is 105 Å². The number of likely N-dealkylation sites (N-methyl/N-ethyl adjacent to an activating group) is 1. The van der Waals surface area contributed by atoms with E-state index in [0.717, 1.165) is 40.0 Å². The van der Waals surface area contributed by atoms with Gasteiger partial charge in [0.05, 0.1) is 25.7 Å². The molecule has 36 nitrogen and oxygen atoms in total. The first-order valence-electron chi connectivity index (χ1n) is 40.8. The number of primary amides is 1. The van der Waals surface area contributed by atoms with Crippen molar-refractivity contribution in [2.24, 2.45) is 41.1 Å². The number of guanidine groups is 1. The van der Waals surface area contributed by atoms with Crippen LogP contribution < -0.4 is 80.6 Å². The first-order valence-corrected chi connectivity index (χ1v) is 43.1. The number of nitrogens with two attached hydrogens (primary N) is 2. The molecule has 0 spiro atoms. The number of carbonyl (C=O) groups is 15. The van der Waals surface area contributed by atoms with Gasteiger partial charge in [-0.25, -0.2) is 0 Å². The van der Waals surface area contributed by atoms with E-state index in [1.807, 2.05) is 6.07 Å². The molecule has 1 aromatic carbocycles. The number of benzene rings is 1. The van der Waals surface area contributed by atoms with Crippen LogP contribution in [0.15, 0.2) is 30.3 Å². The van der Waals surface area contributed by atoms with Crippen LogP contribution in [0, 0.1) is 35.0 Å². The zero-order chi connectivity index (χ0) is 86.0. The van der Waals surface area contributed by atoms with Gasteiger partial charge in [0.15, 0.2) is 5.96 Å². The number of nitrogens with zero attached hydrogens (tertiary/aromatic N) is 3. The number of aliphatic hydroxyl groups excluding tert-OH is 2. The number of amides is 15. The molecule has 3 unspecified atom stereocenters. The van der Waals surface area contributed by atoms with Gasteiger partial charge in [0.1, 0.15) is 78.5 Å². The quantitative estimate of drug-likeness (QED) is 0.0186. The molecule has 20 N–H and O–H groups in total. The highest BCUT2D eigenvalue weighted by atomic mass is 33.1. The van der Waals surface area contributed by atoms with Crippen molar-refractivity contribution in [1.29, 1.82) is 5.41 Å². The van der Waals surface area contributed by atoms with E-state index in [4.69, 9.17) is 16.9 Å². The van der Waals surface area contributed by atoms with E-state index >= 15 is 33.6 Å². The standard InChI is InChI=1S/C78H127N19O17S2/c1-13-42(6)59(91-64(102)45(9)82-12)71(109)90-53-40-115-116-78(10,11)62(73(111)93-61(44(8)15-3)76(114)95-32-22-29-55(95)69(107)86-49(63(79)101)36-58(100)84-37-46-24-17-16-18-25-46)94-72(110)60(43(7)14-2)92-70(108)57-35-47-26-19-20-28-54(47)97(57)75(113)56-30-23-33-96(56)74(112)50(34-41(4)5)87-67(105)52(39-99)88-65(103)48(27-21-31-83-77(80)81)85-66(104)51(38-98)89-68(53)106/h16-18,24-25,41-45,47-57,59-62,82,98-99H,13-15,19-23,26-40H2,1-12H3,(H2,79,101)(H,84,100)(H,85,104)(H,86,107)(H,87,105)(H,88,103)(H,89,106)(H,90,109)(H,91,102)(H,92,108)(H,93,111)(H,94,110)(H4,80,81,83)/t42?,43-,44?,45-,47-,48-,49-,50-,51-,52-,53-,54-,55-,56?,57-,59-,60-,61-,62+/m0/s1. The average molecular weight is 1670 g/mol. The molecule has 5 fully saturated rings. The van der Waals surface area contributed by atoms with Gasteiger partial charge in [-0.3, -0.25) is 77.3 Å². The highest BCUT2D eigenvalue weighted by Gasteiger charge is 2.53. The summed E-state index contributed by atoms with van der Waals surface area (Å²) in [4.78, 5) is 225. The lowest BCUT2D eigenvalue weighted by molar-refractivity contribution is -0.150. The normalized spacial score (nSPS) is 26.7. The second-order valence-electron chi connectivity index (χ2n) is 32.2. The molecule has 5 aliphatic rings. The summed E-state index contributed by atoms with van der Waals surface area (Å²) in [6, 6.07) is -11.3. The van der Waals surface area contributed by atoms with Crippen LogP contribution in [0.25, 0.3) is 0 Å². The second-order valence-corrected chi connectivity index (χ2v) is 35.2. The third kappa shape index (κ3) is 26.6. The molecule has 0 bridgehead atoms. The van der Waals surface area contributed by atoms with Crippen molar-refractivity contribution in [2.45, 2.75) is 281 Å². The van der Waals surface area contributed by atoms with Crippen LogP contribution in [0.5, 0.6) is 0 Å². The van der Waals surface area contributed by atoms with Gasteiger partial charge in [-0.05, 0) is 127 Å². The molecule has 19 atom stereocenters. The van der Waals surface area contributed by atoms with Gasteiger partial charge in [0.2, 0.25) is 88.6 Å². The minimum atomic E-state index is -1.90. The Hall–Kier alpha value is -8.88. The molecule has 6 rings (SSSR count). The lowest BCUT2D eigenvalue weighted by atomic mass is 9.84. The van der Waals surface area contributed by atoms with Crippen molar-refractivity contribution in [2.75, 3.05) is 45.6 Å². The number of fused-ring (bicyclic) bond motifs is 4. The van der Waals surface area contributed by atoms with E-state index < -0.39 is 233 Å². The molecule has 1 aromatic rings. The third-order valence-corrected chi connectivity index (χ3v) is 26.1. The molecule has 4 aliphatic heterocycles. The highest BCUT2D eigenvalue weighted by molar-refractivity contribution is 8.77. The lowest BCUT2D eigenvalue weighted by Gasteiger charge is -2.39. The smallest absolute Gasteiger partial charge is 0.246 e. The summed E-state index contributed by atoms with van der Waals surface area (Å²) in [5, 5.41) is 64.6. The average Bonchev–Trinajstić information content (AvgIpc) is 1.61. The Morgan fingerprint density at radius 2 is 1.26 bits per heavy atom. The van der Waals surface area contributed by atoms with Gasteiger partial charge in [-0.2, -0.15) is 0 Å². The van der Waals surface area contributed by atoms with Gasteiger partial charge in [0.25, 0.3) is 0 Å². The number of carbonyl (C=O) groups excluding carboxylic acids is 15. The molecule has 38 heteroatoms. The van der Waals surface area contributed by atoms with E-state index in [2.05, 4.69) is 69.1 Å². The van der Waals surface area contributed by atoms with Crippen LogP contribution in [0.2, 0.25) is 0 Å². The molecular weight excluding hydrogens is 1540 g/mol. The topological polar surface area (TPSA) is 539 Å². The van der Waals surface area contributed by atoms with Crippen LogP contribution in [0.1, 0.15) is 184 Å². The molecule has 4 heterocycles. The Balaban J connectivity index is 1.47. The molecule has 1 saturated carbocycles. The molecule has 15 amide bonds. The van der Waals surface area contributed by atoms with Crippen molar-refractivity contribution >= 4 is 116 Å². The maximum Gasteiger partial charge on any atom is 0.246 e. The highest BCUT2D eigenvalue weighted by Crippen LogP contribution is 2.42. The van der Waals surface area contributed by atoms with Crippen molar-refractivity contribution in [1.82, 2.24) is 83.8 Å². The summed E-state index contributed by atoms with van der Waals surface area (Å²) < 4.78 is -1.57. The maximum atomic E-state index is 15.9. The SMILES string of the molecule is CCC(C)[C@H](NC(=O)[C@H](C)NC)C(=O)N[C@H]1CSSC(C)(C)[C@@H](C(=O)N[C@H](C(=O)N2CCC[C@H]2C(=O)N[C@@H](CC(=O)NCc2ccccc2)C(N)=O)C(C)CC)NC(=O)[C@H]([C@@H](C)CC)NC(=O)[C@@H]2C[C@@H]3CCCC[C@@H]3N2C(=O)C2CCCN2C(=O)[C@H](CC(C)C)NC(=O)[C@H](CO)NC(=O)[C@H](CCCNC(=N)N)NC(=O)[C@H](CO)NC1=O. The number of nitrogens with one attached hydrogen (secondary N) is 14. The summed E-state index contributed by atoms with van der Waals surface area (Å²) >= 11 is 0. The number of likely N-dealkylation sites (tertiary alicyclic amines) is 1. The van der Waals surface area contributed by atoms with Gasteiger partial charge in [0, 0.05) is 42.7 Å². The second kappa shape index (κ2) is 45.7. The Morgan fingerprint density at radius 1 is 0.647 bits per heavy atom. The zero-order valence-corrected chi connectivity index (χ0v) is 70.7. The van der Waals surface area contributed by atoms with Gasteiger partial charge < -0.3 is 105 Å². The number of hydrogen-bond donors (Lipinski definition) is 18. The zero-order valence-electron chi connectivity index (χ0n) is 69.0. The van der Waals surface area contributed by atoms with Crippen LogP contribution in [0.3, 0.4) is 0 Å². The largest absolute Gasteiger partial charge is 0.394 e. The van der Waals surface area contributed by atoms with Crippen molar-refractivity contribution in [3.8, 4) is 0 Å². The first-order chi connectivity index (χ1) is 54.9. The van der Waals surface area contributed by atoms with E-state index in [0.29, 0.717) is 32.1 Å². The maximum absolute atomic E-state index is 15.9. The van der Waals surface area contributed by atoms with Crippen LogP contribution in [-0.4, -0.2) is 261 Å². The summed E-state index contributed by atoms with van der Waals surface area (Å²) in [6.07, 6.45) is 4.09. The molecular formula is C78H127N19O17S2. The fourth-order valence-electron chi connectivity index (χ4n) is 15.2. The Kier molecular flexibility index (Phi) is 37.8. The van der Waals surface area contributed by atoms with E-state index in [-0.39, 0.29) is 89.4 Å². The van der Waals surface area contributed by atoms with Crippen LogP contribution in [0.4, 0.5) is 0 Å². The van der Waals surface area contributed by atoms with Crippen molar-refractivity contribution < 1.29 is 82.1 Å². The van der Waals surface area contributed by atoms with Crippen LogP contribution in [-0.2, 0) is 78.5 Å². The Labute approximate surface area is 687 Å². The van der Waals surface area contributed by atoms with Gasteiger partial charge >= 0.3 is 0 Å². The van der Waals surface area contributed by atoms with Gasteiger partial charge in [-0.15, -0.1) is 0 Å². The fourth-order valence-corrected chi connectivity index (χ4v) is 18.0. The molecule has 648 valence electrons. The first kappa shape index (κ1) is 96.0. The minimum absolute atomic E-state index is 0.0102. The molecule has 4 saturated heterocycles. The molecule has 1 aliphatic carbocycles. The predicted octanol–water partition coefficient (Wildman–Crippen LogP) is -1.62. The van der Waals surface area contributed by atoms with E-state index in [9.17, 15) is 48.6 Å². The minimum Gasteiger partial charge on any atom is -0.394 e. The summed E-state index contributed by atoms with van der Waals surface area (Å²) in [5.74, 6) is -15.7. The van der Waals surface area contributed by atoms with E-state index in [1.165, 1.54) is 16.8 Å². The van der Waals surface area contributed by atoms with Crippen molar-refractivity contribution in [3.05, 3.63) is 35.9 Å². The molecule has 116 heavy (non-hydrogen) atoms. The molecule has 0 aromatic heterocycles. The Bertz CT molecular complexity index is 3620. The third-order valence-electron chi connectivity index (χ3n) is 22.8. The number of hydrogen-bond acceptors (Lipinski definition) is 21. The summed E-state index contributed by atoms with van der Waals surface area (Å²) in [7, 11) is 3.36. The monoisotopic (exact) mass is 1670 g/mol. The number of rotatable bonds is 29. The van der Waals surface area contributed by atoms with Gasteiger partial charge in [-0.1, -0.05) is 139 Å². The Morgan fingerprint density at radius 3 is 1.87 bits per heavy atom.